The van der Waals surface area contributed by atoms with E-state index >= 15 is 4.39 Å². The molecule has 1 aromatic rings. The van der Waals surface area contributed by atoms with E-state index in [1.807, 2.05) is 4.90 Å². The molecule has 6 rings (SSSR count). The Bertz CT molecular complexity index is 662. The molecule has 25 heavy (non-hydrogen) atoms. The average Bonchev–Trinajstić information content (AvgIpc) is 2.74. The second-order valence-electron chi connectivity index (χ2n) is 8.93. The van der Waals surface area contributed by atoms with Gasteiger partial charge in [-0.3, -0.25) is 0 Å². The van der Waals surface area contributed by atoms with Crippen molar-refractivity contribution in [1.29, 1.82) is 0 Å². The molecule has 1 aliphatic heterocycles. The van der Waals surface area contributed by atoms with E-state index in [0.29, 0.717) is 19.3 Å². The van der Waals surface area contributed by atoms with Crippen molar-refractivity contribution in [2.75, 3.05) is 13.1 Å². The molecule has 2 unspecified atom stereocenters. The Morgan fingerprint density at radius 3 is 2.20 bits per heavy atom. The average molecular weight is 342 g/mol. The minimum Gasteiger partial charge on any atom is -0.332 e. The normalized spacial score (nSPS) is 39.0. The first-order valence-corrected chi connectivity index (χ1v) is 9.91. The van der Waals surface area contributed by atoms with Crippen LogP contribution in [0, 0.1) is 0 Å². The fraction of sp³-hybridized carbons (Fsp3) is 0.667. The quantitative estimate of drug-likeness (QED) is 0.801. The molecule has 1 saturated heterocycles. The van der Waals surface area contributed by atoms with Gasteiger partial charge in [0.2, 0.25) is 0 Å². The number of hydrogen-bond donors (Lipinski definition) is 1. The van der Waals surface area contributed by atoms with Crippen LogP contribution in [0.1, 0.15) is 74.3 Å². The highest BCUT2D eigenvalue weighted by molar-refractivity contribution is 5.75. The van der Waals surface area contributed by atoms with Crippen molar-refractivity contribution in [1.82, 2.24) is 10.2 Å². The summed E-state index contributed by atoms with van der Waals surface area (Å²) in [7, 11) is 0. The lowest BCUT2D eigenvalue weighted by atomic mass is 9.61. The Balaban J connectivity index is 1.46. The Labute approximate surface area is 149 Å². The molecule has 0 aromatic heterocycles. The SMILES string of the molecule is O=C(NC12CC3CC(F)(CC(C1)c1ccccc13)C2)N1CCCCC1. The zero-order valence-corrected chi connectivity index (χ0v) is 14.8. The molecule has 0 spiro atoms. The van der Waals surface area contributed by atoms with E-state index in [0.717, 1.165) is 38.8 Å². The van der Waals surface area contributed by atoms with Crippen molar-refractivity contribution in [3.8, 4) is 0 Å². The first kappa shape index (κ1) is 15.7. The maximum atomic E-state index is 15.7. The lowest BCUT2D eigenvalue weighted by Gasteiger charge is -2.52. The van der Waals surface area contributed by atoms with Crippen LogP contribution < -0.4 is 5.32 Å². The molecule has 1 N–H and O–H groups in total. The summed E-state index contributed by atoms with van der Waals surface area (Å²) in [6.45, 7) is 1.69. The summed E-state index contributed by atoms with van der Waals surface area (Å²) >= 11 is 0. The van der Waals surface area contributed by atoms with Gasteiger partial charge in [0.15, 0.2) is 0 Å². The van der Waals surface area contributed by atoms with Gasteiger partial charge in [-0.1, -0.05) is 24.3 Å². The zero-order valence-electron chi connectivity index (χ0n) is 14.8. The third-order valence-electron chi connectivity index (χ3n) is 7.04. The molecule has 2 atom stereocenters. The van der Waals surface area contributed by atoms with Crippen molar-refractivity contribution < 1.29 is 9.18 Å². The molecule has 1 aromatic carbocycles. The van der Waals surface area contributed by atoms with E-state index < -0.39 is 5.67 Å². The maximum Gasteiger partial charge on any atom is 0.317 e. The number of hydrogen-bond acceptors (Lipinski definition) is 1. The topological polar surface area (TPSA) is 32.3 Å². The van der Waals surface area contributed by atoms with E-state index in [1.54, 1.807) is 0 Å². The highest BCUT2D eigenvalue weighted by Gasteiger charge is 2.58. The number of rotatable bonds is 1. The zero-order chi connectivity index (χ0) is 17.1. The van der Waals surface area contributed by atoms with Crippen LogP contribution in [0.15, 0.2) is 24.3 Å². The van der Waals surface area contributed by atoms with Crippen molar-refractivity contribution in [3.63, 3.8) is 0 Å². The monoisotopic (exact) mass is 342 g/mol. The summed E-state index contributed by atoms with van der Waals surface area (Å²) < 4.78 is 15.7. The number of carbonyl (C=O) groups is 1. The van der Waals surface area contributed by atoms with E-state index in [1.165, 1.54) is 17.5 Å². The Kier molecular flexibility index (Phi) is 3.42. The van der Waals surface area contributed by atoms with Gasteiger partial charge in [-0.2, -0.15) is 0 Å². The Hall–Kier alpha value is -1.58. The van der Waals surface area contributed by atoms with Crippen LogP contribution in [0.3, 0.4) is 0 Å². The van der Waals surface area contributed by atoms with Crippen LogP contribution in [0.4, 0.5) is 9.18 Å². The van der Waals surface area contributed by atoms with Crippen LogP contribution in [-0.2, 0) is 0 Å². The molecule has 134 valence electrons. The smallest absolute Gasteiger partial charge is 0.317 e. The summed E-state index contributed by atoms with van der Waals surface area (Å²) in [6, 6.07) is 8.57. The molecule has 3 nitrogen and oxygen atoms in total. The minimum atomic E-state index is -1.12. The number of alkyl halides is 1. The van der Waals surface area contributed by atoms with Gasteiger partial charge in [0, 0.05) is 25.0 Å². The highest BCUT2D eigenvalue weighted by atomic mass is 19.1. The van der Waals surface area contributed by atoms with Gasteiger partial charge in [0.1, 0.15) is 5.67 Å². The molecule has 4 bridgehead atoms. The highest BCUT2D eigenvalue weighted by Crippen LogP contribution is 2.60. The van der Waals surface area contributed by atoms with Gasteiger partial charge >= 0.3 is 6.03 Å². The van der Waals surface area contributed by atoms with Crippen LogP contribution in [0.25, 0.3) is 0 Å². The standard InChI is InChI=1S/C21H27FN2O/c22-20-10-15-12-21(14-20,23-19(25)24-8-4-1-5-9-24)13-16(11-20)18-7-3-2-6-17(15)18/h2-3,6-7,15-16H,1,4-5,8-14H2,(H,23,25). The van der Waals surface area contributed by atoms with Crippen LogP contribution in [0.2, 0.25) is 0 Å². The molecule has 0 radical (unpaired) electrons. The van der Waals surface area contributed by atoms with Gasteiger partial charge in [-0.05, 0) is 67.9 Å². The number of nitrogens with zero attached hydrogens (tertiary/aromatic N) is 1. The first-order chi connectivity index (χ1) is 12.1. The molecular formula is C21H27FN2O. The first-order valence-electron chi connectivity index (χ1n) is 9.91. The van der Waals surface area contributed by atoms with Gasteiger partial charge in [0.25, 0.3) is 0 Å². The molecule has 4 aliphatic carbocycles. The Morgan fingerprint density at radius 1 is 1.00 bits per heavy atom. The third kappa shape index (κ3) is 2.56. The maximum absolute atomic E-state index is 15.7. The van der Waals surface area contributed by atoms with E-state index in [2.05, 4.69) is 29.6 Å². The molecule has 5 aliphatic rings. The van der Waals surface area contributed by atoms with Crippen molar-refractivity contribution in [3.05, 3.63) is 35.4 Å². The van der Waals surface area contributed by atoms with Crippen molar-refractivity contribution in [2.24, 2.45) is 0 Å². The summed E-state index contributed by atoms with van der Waals surface area (Å²) in [5.41, 5.74) is 1.18. The molecular weight excluding hydrogens is 315 g/mol. The number of urea groups is 1. The van der Waals surface area contributed by atoms with E-state index in [-0.39, 0.29) is 23.4 Å². The fourth-order valence-electron chi connectivity index (χ4n) is 6.28. The molecule has 2 amide bonds. The summed E-state index contributed by atoms with van der Waals surface area (Å²) in [5, 5.41) is 3.34. The third-order valence-corrected chi connectivity index (χ3v) is 7.04. The number of nitrogens with one attached hydrogen (secondary N) is 1. The fourth-order valence-corrected chi connectivity index (χ4v) is 6.28. The van der Waals surface area contributed by atoms with Gasteiger partial charge in [0.05, 0.1) is 0 Å². The van der Waals surface area contributed by atoms with Gasteiger partial charge in [-0.15, -0.1) is 0 Å². The minimum absolute atomic E-state index is 0.0364. The lowest BCUT2D eigenvalue weighted by molar-refractivity contribution is -0.00979. The van der Waals surface area contributed by atoms with Gasteiger partial charge in [-0.25, -0.2) is 9.18 Å². The second kappa shape index (κ2) is 5.46. The van der Waals surface area contributed by atoms with E-state index in [4.69, 9.17) is 0 Å². The number of piperidine rings is 1. The predicted octanol–water partition coefficient (Wildman–Crippen LogP) is 4.49. The van der Waals surface area contributed by atoms with Gasteiger partial charge < -0.3 is 10.2 Å². The van der Waals surface area contributed by atoms with Crippen LogP contribution in [0.5, 0.6) is 0 Å². The largest absolute Gasteiger partial charge is 0.332 e. The molecule has 3 fully saturated rings. The van der Waals surface area contributed by atoms with Crippen LogP contribution >= 0.6 is 0 Å². The molecule has 2 saturated carbocycles. The van der Waals surface area contributed by atoms with Crippen molar-refractivity contribution >= 4 is 6.03 Å². The van der Waals surface area contributed by atoms with E-state index in [9.17, 15) is 4.79 Å². The summed E-state index contributed by atoms with van der Waals surface area (Å²) in [4.78, 5) is 14.8. The number of amides is 2. The number of benzene rings is 1. The summed E-state index contributed by atoms with van der Waals surface area (Å²) in [5.74, 6) is 0.480. The van der Waals surface area contributed by atoms with Crippen molar-refractivity contribution in [2.45, 2.75) is 74.4 Å². The lowest BCUT2D eigenvalue weighted by Crippen LogP contribution is -2.61. The molecule has 1 heterocycles. The molecule has 4 heteroatoms. The predicted molar refractivity (Wildman–Crippen MR) is 95.5 cm³/mol. The number of carbonyl (C=O) groups excluding carboxylic acids is 1. The number of likely N-dealkylation sites (tertiary alicyclic amines) is 1. The Morgan fingerprint density at radius 2 is 1.60 bits per heavy atom. The second-order valence-corrected chi connectivity index (χ2v) is 8.93. The van der Waals surface area contributed by atoms with Crippen LogP contribution in [-0.4, -0.2) is 35.2 Å². The summed E-state index contributed by atoms with van der Waals surface area (Å²) in [6.07, 6.45) is 6.93. The number of halogens is 1.